The number of primary amides is 1. The number of nitrogens with one attached hydrogen (secondary N) is 5. The van der Waals surface area contributed by atoms with Gasteiger partial charge < -0.3 is 75.1 Å². The maximum Gasteiger partial charge on any atom is 0.415 e. The Kier molecular flexibility index (Phi) is 21.2. The fourth-order valence-corrected chi connectivity index (χ4v) is 9.60. The second kappa shape index (κ2) is 27.7. The minimum atomic E-state index is -1.04. The summed E-state index contributed by atoms with van der Waals surface area (Å²) in [4.78, 5) is 100. The molecule has 80 heavy (non-hydrogen) atoms. The summed E-state index contributed by atoms with van der Waals surface area (Å²) in [6.07, 6.45) is -0.345. The predicted molar refractivity (Wildman–Crippen MR) is 304 cm³/mol. The number of fused-ring (bicyclic) bond motifs is 4. The van der Waals surface area contributed by atoms with Gasteiger partial charge in [0.1, 0.15) is 30.1 Å². The number of hydrogen-bond donors (Lipinski definition) is 6. The van der Waals surface area contributed by atoms with Crippen LogP contribution >= 0.6 is 11.6 Å². The van der Waals surface area contributed by atoms with Crippen LogP contribution < -0.4 is 50.8 Å². The number of alkyl halides is 1. The van der Waals surface area contributed by atoms with Gasteiger partial charge in [-0.25, -0.2) is 14.4 Å². The summed E-state index contributed by atoms with van der Waals surface area (Å²) in [6.45, 7) is 10.2. The highest BCUT2D eigenvalue weighted by Gasteiger charge is 2.37. The van der Waals surface area contributed by atoms with E-state index in [2.05, 4.69) is 26.3 Å². The third-order valence-corrected chi connectivity index (χ3v) is 14.1. The largest absolute Gasteiger partial charge is 0.493 e. The van der Waals surface area contributed by atoms with E-state index < -0.39 is 47.7 Å². The lowest BCUT2D eigenvalue weighted by Crippen LogP contribution is -2.54. The Morgan fingerprint density at radius 1 is 0.850 bits per heavy atom. The van der Waals surface area contributed by atoms with Gasteiger partial charge in [-0.05, 0) is 86.7 Å². The highest BCUT2D eigenvalue weighted by atomic mass is 35.5. The summed E-state index contributed by atoms with van der Waals surface area (Å²) in [5.74, 6) is -0.657. The Hall–Kier alpha value is -7.98. The summed E-state index contributed by atoms with van der Waals surface area (Å²) in [5.41, 5.74) is 7.91. The molecule has 0 aliphatic carbocycles. The molecule has 23 heteroatoms. The van der Waals surface area contributed by atoms with Crippen molar-refractivity contribution in [3.8, 4) is 23.0 Å². The normalized spacial score (nSPS) is 13.7. The summed E-state index contributed by atoms with van der Waals surface area (Å²) in [7, 11) is 7.59. The zero-order valence-corrected chi connectivity index (χ0v) is 47.8. The lowest BCUT2D eigenvalue weighted by atomic mass is 9.95. The van der Waals surface area contributed by atoms with Gasteiger partial charge in [0.15, 0.2) is 11.5 Å². The van der Waals surface area contributed by atoms with Crippen LogP contribution in [0, 0.1) is 5.92 Å². The van der Waals surface area contributed by atoms with Gasteiger partial charge in [0.2, 0.25) is 23.5 Å². The van der Waals surface area contributed by atoms with Crippen molar-refractivity contribution in [1.82, 2.24) is 30.7 Å². The van der Waals surface area contributed by atoms with Crippen LogP contribution in [0.25, 0.3) is 21.7 Å². The van der Waals surface area contributed by atoms with Gasteiger partial charge in [0.05, 0.1) is 38.1 Å². The van der Waals surface area contributed by atoms with E-state index in [4.69, 9.17) is 45.8 Å². The minimum Gasteiger partial charge on any atom is -0.493 e. The number of H-pyrrole nitrogens is 1. The second-order valence-corrected chi connectivity index (χ2v) is 20.6. The lowest BCUT2D eigenvalue weighted by molar-refractivity contribution is -0.132. The van der Waals surface area contributed by atoms with Gasteiger partial charge in [-0.1, -0.05) is 50.2 Å². The van der Waals surface area contributed by atoms with Gasteiger partial charge in [0.25, 0.3) is 5.91 Å². The number of nitrogens with zero attached hydrogens (tertiary/aromatic N) is 3. The standard InChI is InChI=1S/C57H74ClN9O13/c1-11-79-57(4,5)23-22-45(68)64-47(33(2)3)52(70)63-40(17-14-24-60-54(59)72)51(69)61-37-20-18-34(19-21-37)32-78-55(73)65(6)25-26-66(7)56(74)80-43-29-42-46(39-16-13-12-15-38(39)43)36(30-58)31-67(42)53(71)41-27-35-28-44(75-8)49(76-9)50(77-10)48(35)62-41/h12-13,15-16,18-21,27-29,33,36,40,47,62H,11,14,17,22-26,30-32H2,1-10H3,(H,61,69)(H,63,70)(H,64,68)(H3,59,60,72)/t36-,40+,47?/m1/s1. The number of carbonyl (C=O) groups is 7. The van der Waals surface area contributed by atoms with Crippen molar-refractivity contribution in [2.45, 2.75) is 90.5 Å². The number of urea groups is 1. The molecule has 1 unspecified atom stereocenters. The number of hydrogen-bond acceptors (Lipinski definition) is 13. The van der Waals surface area contributed by atoms with Crippen molar-refractivity contribution in [2.75, 3.05) is 84.3 Å². The number of anilines is 2. The van der Waals surface area contributed by atoms with Crippen molar-refractivity contribution in [3.63, 3.8) is 0 Å². The van der Waals surface area contributed by atoms with E-state index in [0.29, 0.717) is 69.9 Å². The number of nitrogens with two attached hydrogens (primary N) is 1. The fraction of sp³-hybridized carbons (Fsp3) is 0.456. The third-order valence-electron chi connectivity index (χ3n) is 13.7. The molecule has 0 saturated heterocycles. The number of carbonyl (C=O) groups excluding carboxylic acids is 7. The maximum atomic E-state index is 14.4. The molecule has 1 aromatic heterocycles. The number of benzene rings is 4. The molecule has 3 atom stereocenters. The van der Waals surface area contributed by atoms with Crippen LogP contribution in [0.15, 0.2) is 66.7 Å². The van der Waals surface area contributed by atoms with Gasteiger partial charge in [0, 0.05) is 87.6 Å². The minimum absolute atomic E-state index is 0.0728. The van der Waals surface area contributed by atoms with Crippen LogP contribution in [0.4, 0.5) is 25.8 Å². The van der Waals surface area contributed by atoms with E-state index in [1.165, 1.54) is 45.2 Å². The average Bonchev–Trinajstić information content (AvgIpc) is 4.04. The third kappa shape index (κ3) is 15.2. The highest BCUT2D eigenvalue weighted by molar-refractivity contribution is 6.19. The summed E-state index contributed by atoms with van der Waals surface area (Å²) in [5, 5.41) is 13.0. The fourth-order valence-electron chi connectivity index (χ4n) is 9.35. The molecule has 0 spiro atoms. The second-order valence-electron chi connectivity index (χ2n) is 20.3. The molecule has 0 fully saturated rings. The molecule has 4 aromatic carbocycles. The average molecular weight is 1130 g/mol. The lowest BCUT2D eigenvalue weighted by Gasteiger charge is -2.27. The number of likely N-dealkylation sites (N-methyl/N-ethyl adjacent to an activating group) is 2. The first-order valence-electron chi connectivity index (χ1n) is 26.4. The molecule has 7 N–H and O–H groups in total. The first-order chi connectivity index (χ1) is 38.1. The SMILES string of the molecule is CCOC(C)(C)CCC(=O)NC(C(=O)N[C@@H](CCCNC(N)=O)C(=O)Nc1ccc(COC(=O)N(C)CCN(C)C(=O)Oc2cc3c(c4ccccc24)[C@H](CCl)CN3C(=O)c2cc3cc(OC)c(OC)c(OC)c3[nH]2)cc1)C(C)C. The van der Waals surface area contributed by atoms with Crippen LogP contribution in [0.1, 0.15) is 87.8 Å². The van der Waals surface area contributed by atoms with Gasteiger partial charge in [-0.2, -0.15) is 0 Å². The summed E-state index contributed by atoms with van der Waals surface area (Å²) >= 11 is 6.56. The van der Waals surface area contributed by atoms with Crippen LogP contribution in [0.5, 0.6) is 23.0 Å². The van der Waals surface area contributed by atoms with Crippen LogP contribution in [-0.2, 0) is 30.5 Å². The molecule has 0 saturated carbocycles. The van der Waals surface area contributed by atoms with E-state index in [0.717, 1.165) is 10.9 Å². The molecule has 432 valence electrons. The molecule has 2 heterocycles. The van der Waals surface area contributed by atoms with Crippen LogP contribution in [-0.4, -0.2) is 148 Å². The monoisotopic (exact) mass is 1130 g/mol. The molecule has 6 rings (SSSR count). The number of aromatic nitrogens is 1. The Labute approximate surface area is 470 Å². The molecule has 1 aliphatic heterocycles. The van der Waals surface area contributed by atoms with Crippen molar-refractivity contribution < 1.29 is 62.0 Å². The van der Waals surface area contributed by atoms with E-state index in [-0.39, 0.29) is 86.6 Å². The number of amides is 8. The summed E-state index contributed by atoms with van der Waals surface area (Å²) in [6, 6.07) is 16.4. The number of halogens is 1. The Morgan fingerprint density at radius 3 is 2.15 bits per heavy atom. The molecule has 0 radical (unpaired) electrons. The maximum absolute atomic E-state index is 14.4. The first kappa shape index (κ1) is 61.2. The quantitative estimate of drug-likeness (QED) is 0.0230. The Bertz CT molecular complexity index is 3040. The van der Waals surface area contributed by atoms with Crippen molar-refractivity contribution >= 4 is 86.5 Å². The zero-order valence-electron chi connectivity index (χ0n) is 47.0. The van der Waals surface area contributed by atoms with Crippen molar-refractivity contribution in [2.24, 2.45) is 11.7 Å². The van der Waals surface area contributed by atoms with Crippen molar-refractivity contribution in [1.29, 1.82) is 0 Å². The van der Waals surface area contributed by atoms with E-state index >= 15 is 0 Å². The molecule has 8 amide bonds. The van der Waals surface area contributed by atoms with E-state index in [1.54, 1.807) is 61.2 Å². The zero-order chi connectivity index (χ0) is 58.4. The molecule has 5 aromatic rings. The molecular formula is C57H74ClN9O13. The summed E-state index contributed by atoms with van der Waals surface area (Å²) < 4.78 is 34.0. The molecule has 0 bridgehead atoms. The van der Waals surface area contributed by atoms with Crippen LogP contribution in [0.2, 0.25) is 0 Å². The topological polar surface area (TPSA) is 275 Å². The van der Waals surface area contributed by atoms with Gasteiger partial charge in [-0.15, -0.1) is 11.6 Å². The van der Waals surface area contributed by atoms with Crippen molar-refractivity contribution in [3.05, 3.63) is 83.6 Å². The molecular weight excluding hydrogens is 1050 g/mol. The number of rotatable bonds is 26. The molecule has 22 nitrogen and oxygen atoms in total. The first-order valence-corrected chi connectivity index (χ1v) is 26.9. The van der Waals surface area contributed by atoms with Gasteiger partial charge in [-0.3, -0.25) is 19.2 Å². The Morgan fingerprint density at radius 2 is 1.52 bits per heavy atom. The van der Waals surface area contributed by atoms with E-state index in [9.17, 15) is 33.6 Å². The number of aromatic amines is 1. The highest BCUT2D eigenvalue weighted by Crippen LogP contribution is 2.47. The van der Waals surface area contributed by atoms with Crippen LogP contribution in [0.3, 0.4) is 0 Å². The van der Waals surface area contributed by atoms with E-state index in [1.807, 2.05) is 45.0 Å². The molecule has 1 aliphatic rings. The number of ether oxygens (including phenoxy) is 6. The Balaban J connectivity index is 1.04. The predicted octanol–water partition coefficient (Wildman–Crippen LogP) is 7.64. The number of methoxy groups -OCH3 is 3. The smallest absolute Gasteiger partial charge is 0.415 e. The van der Waals surface area contributed by atoms with Gasteiger partial charge >= 0.3 is 18.2 Å².